The van der Waals surface area contributed by atoms with Crippen LogP contribution in [0.1, 0.15) is 18.2 Å². The smallest absolute Gasteiger partial charge is 0.123 e. The summed E-state index contributed by atoms with van der Waals surface area (Å²) in [5, 5.41) is 0.779. The lowest BCUT2D eigenvalue weighted by Gasteiger charge is -2.25. The topological polar surface area (TPSA) is 42.4 Å². The van der Waals surface area contributed by atoms with Gasteiger partial charge in [0.1, 0.15) is 5.76 Å². The minimum atomic E-state index is 0.592. The van der Waals surface area contributed by atoms with E-state index in [0.717, 1.165) is 41.5 Å². The summed E-state index contributed by atoms with van der Waals surface area (Å²) in [6.45, 7) is 4.34. The molecule has 0 bridgehead atoms. The minimum Gasteiger partial charge on any atom is -0.467 e. The van der Waals surface area contributed by atoms with Crippen LogP contribution < -0.4 is 10.6 Å². The summed E-state index contributed by atoms with van der Waals surface area (Å²) in [6, 6.07) is 9.86. The average Bonchev–Trinajstić information content (AvgIpc) is 2.92. The number of furan rings is 1. The third-order valence-electron chi connectivity index (χ3n) is 3.14. The van der Waals surface area contributed by atoms with Gasteiger partial charge in [0.2, 0.25) is 0 Å². The van der Waals surface area contributed by atoms with Crippen LogP contribution in [0.5, 0.6) is 0 Å². The Morgan fingerprint density at radius 3 is 2.74 bits per heavy atom. The highest BCUT2D eigenvalue weighted by atomic mass is 35.5. The number of rotatable bonds is 6. The SMILES string of the molecule is CCN(Cc1ccco1)c1cccc(Cl)c1CCN. The van der Waals surface area contributed by atoms with Crippen LogP contribution in [0, 0.1) is 0 Å². The molecule has 3 nitrogen and oxygen atoms in total. The van der Waals surface area contributed by atoms with Crippen molar-refractivity contribution in [3.05, 3.63) is 52.9 Å². The molecule has 0 saturated carbocycles. The quantitative estimate of drug-likeness (QED) is 0.880. The van der Waals surface area contributed by atoms with Gasteiger partial charge in [0.25, 0.3) is 0 Å². The molecule has 0 aliphatic rings. The molecule has 0 aliphatic heterocycles. The molecule has 1 aromatic heterocycles. The minimum absolute atomic E-state index is 0.592. The van der Waals surface area contributed by atoms with Gasteiger partial charge >= 0.3 is 0 Å². The van der Waals surface area contributed by atoms with Crippen molar-refractivity contribution >= 4 is 17.3 Å². The van der Waals surface area contributed by atoms with Crippen molar-refractivity contribution in [1.29, 1.82) is 0 Å². The summed E-state index contributed by atoms with van der Waals surface area (Å²) in [5.41, 5.74) is 7.93. The Bertz CT molecular complexity index is 511. The summed E-state index contributed by atoms with van der Waals surface area (Å²) in [7, 11) is 0. The molecule has 2 aromatic rings. The van der Waals surface area contributed by atoms with Crippen LogP contribution in [0.15, 0.2) is 41.0 Å². The molecule has 1 heterocycles. The molecule has 0 spiro atoms. The third-order valence-corrected chi connectivity index (χ3v) is 3.49. The molecule has 0 atom stereocenters. The van der Waals surface area contributed by atoms with Gasteiger partial charge in [-0.05, 0) is 49.7 Å². The molecule has 102 valence electrons. The standard InChI is InChI=1S/C15H19ClN2O/c1-2-18(11-12-5-4-10-19-12)15-7-3-6-14(16)13(15)8-9-17/h3-7,10H,2,8-9,11,17H2,1H3. The van der Waals surface area contributed by atoms with Crippen molar-refractivity contribution in [2.24, 2.45) is 5.73 Å². The Balaban J connectivity index is 2.29. The second kappa shape index (κ2) is 6.64. The predicted octanol–water partition coefficient (Wildman–Crippen LogP) is 3.46. The molecule has 4 heteroatoms. The molecular weight excluding hydrogens is 260 g/mol. The van der Waals surface area contributed by atoms with Gasteiger partial charge in [-0.1, -0.05) is 17.7 Å². The molecule has 0 amide bonds. The number of nitrogens with zero attached hydrogens (tertiary/aromatic N) is 1. The fourth-order valence-corrected chi connectivity index (χ4v) is 2.46. The number of benzene rings is 1. The van der Waals surface area contributed by atoms with Crippen LogP contribution in [-0.4, -0.2) is 13.1 Å². The highest BCUT2D eigenvalue weighted by molar-refractivity contribution is 6.31. The van der Waals surface area contributed by atoms with E-state index in [1.54, 1.807) is 6.26 Å². The van der Waals surface area contributed by atoms with Gasteiger partial charge < -0.3 is 15.1 Å². The van der Waals surface area contributed by atoms with Crippen LogP contribution in [0.25, 0.3) is 0 Å². The van der Waals surface area contributed by atoms with Crippen LogP contribution in [0.4, 0.5) is 5.69 Å². The first-order chi connectivity index (χ1) is 9.26. The second-order valence-electron chi connectivity index (χ2n) is 4.37. The predicted molar refractivity (Wildman–Crippen MR) is 79.6 cm³/mol. The third kappa shape index (κ3) is 3.31. The molecule has 0 radical (unpaired) electrons. The van der Waals surface area contributed by atoms with Gasteiger partial charge in [-0.2, -0.15) is 0 Å². The molecule has 0 fully saturated rings. The first-order valence-corrected chi connectivity index (χ1v) is 6.88. The van der Waals surface area contributed by atoms with E-state index >= 15 is 0 Å². The van der Waals surface area contributed by atoms with Gasteiger partial charge in [0.05, 0.1) is 12.8 Å². The lowest BCUT2D eigenvalue weighted by Crippen LogP contribution is -2.23. The average molecular weight is 279 g/mol. The number of nitrogens with two attached hydrogens (primary N) is 1. The Hall–Kier alpha value is -1.45. The van der Waals surface area contributed by atoms with Gasteiger partial charge in [0, 0.05) is 17.3 Å². The monoisotopic (exact) mass is 278 g/mol. The van der Waals surface area contributed by atoms with E-state index in [0.29, 0.717) is 6.54 Å². The lowest BCUT2D eigenvalue weighted by atomic mass is 10.1. The van der Waals surface area contributed by atoms with Crippen LogP contribution in [0.2, 0.25) is 5.02 Å². The van der Waals surface area contributed by atoms with E-state index in [-0.39, 0.29) is 0 Å². The normalized spacial score (nSPS) is 10.7. The van der Waals surface area contributed by atoms with E-state index in [9.17, 15) is 0 Å². The van der Waals surface area contributed by atoms with E-state index in [2.05, 4.69) is 17.9 Å². The second-order valence-corrected chi connectivity index (χ2v) is 4.78. The Morgan fingerprint density at radius 2 is 2.11 bits per heavy atom. The van der Waals surface area contributed by atoms with E-state index in [4.69, 9.17) is 21.8 Å². The molecular formula is C15H19ClN2O. The van der Waals surface area contributed by atoms with Crippen molar-refractivity contribution in [1.82, 2.24) is 0 Å². The molecule has 0 saturated heterocycles. The zero-order chi connectivity index (χ0) is 13.7. The lowest BCUT2D eigenvalue weighted by molar-refractivity contribution is 0.503. The van der Waals surface area contributed by atoms with E-state index < -0.39 is 0 Å². The largest absolute Gasteiger partial charge is 0.467 e. The number of hydrogen-bond donors (Lipinski definition) is 1. The summed E-state index contributed by atoms with van der Waals surface area (Å²) in [5.74, 6) is 0.945. The molecule has 0 aliphatic carbocycles. The summed E-state index contributed by atoms with van der Waals surface area (Å²) >= 11 is 6.29. The Labute approximate surface area is 119 Å². The Morgan fingerprint density at radius 1 is 1.26 bits per heavy atom. The molecule has 19 heavy (non-hydrogen) atoms. The summed E-state index contributed by atoms with van der Waals surface area (Å²) in [4.78, 5) is 2.25. The van der Waals surface area contributed by atoms with Crippen molar-refractivity contribution in [3.63, 3.8) is 0 Å². The molecule has 1 aromatic carbocycles. The van der Waals surface area contributed by atoms with Crippen LogP contribution in [-0.2, 0) is 13.0 Å². The van der Waals surface area contributed by atoms with Crippen molar-refractivity contribution in [2.75, 3.05) is 18.0 Å². The summed E-state index contributed by atoms with van der Waals surface area (Å²) < 4.78 is 5.42. The first-order valence-electron chi connectivity index (χ1n) is 6.51. The zero-order valence-corrected chi connectivity index (χ0v) is 11.9. The van der Waals surface area contributed by atoms with Gasteiger partial charge in [0.15, 0.2) is 0 Å². The fraction of sp³-hybridized carbons (Fsp3) is 0.333. The highest BCUT2D eigenvalue weighted by Gasteiger charge is 2.13. The van der Waals surface area contributed by atoms with Crippen molar-refractivity contribution in [2.45, 2.75) is 19.9 Å². The first kappa shape index (κ1) is 14.0. The number of halogens is 1. The fourth-order valence-electron chi connectivity index (χ4n) is 2.19. The maximum Gasteiger partial charge on any atom is 0.123 e. The zero-order valence-electron chi connectivity index (χ0n) is 11.1. The van der Waals surface area contributed by atoms with Crippen molar-refractivity contribution in [3.8, 4) is 0 Å². The maximum atomic E-state index is 6.29. The van der Waals surface area contributed by atoms with Gasteiger partial charge in [-0.15, -0.1) is 0 Å². The Kier molecular flexibility index (Phi) is 4.88. The molecule has 0 unspecified atom stereocenters. The van der Waals surface area contributed by atoms with Gasteiger partial charge in [-0.3, -0.25) is 0 Å². The van der Waals surface area contributed by atoms with E-state index in [1.165, 1.54) is 0 Å². The number of anilines is 1. The maximum absolute atomic E-state index is 6.29. The highest BCUT2D eigenvalue weighted by Crippen LogP contribution is 2.29. The molecule has 2 rings (SSSR count). The van der Waals surface area contributed by atoms with Crippen LogP contribution in [0.3, 0.4) is 0 Å². The summed E-state index contributed by atoms with van der Waals surface area (Å²) in [6.07, 6.45) is 2.48. The van der Waals surface area contributed by atoms with Crippen molar-refractivity contribution < 1.29 is 4.42 Å². The molecule has 2 N–H and O–H groups in total. The van der Waals surface area contributed by atoms with Gasteiger partial charge in [-0.25, -0.2) is 0 Å². The van der Waals surface area contributed by atoms with Crippen LogP contribution >= 0.6 is 11.6 Å². The van der Waals surface area contributed by atoms with E-state index in [1.807, 2.05) is 24.3 Å². The number of hydrogen-bond acceptors (Lipinski definition) is 3.